The van der Waals surface area contributed by atoms with Crippen molar-refractivity contribution in [1.29, 1.82) is 0 Å². The molecule has 4 heterocycles. The maximum Gasteiger partial charge on any atom is 0.483 e. The summed E-state index contributed by atoms with van der Waals surface area (Å²) in [6.07, 6.45) is 4.30. The number of aromatic nitrogens is 1. The number of halogens is 2. The molecule has 1 aliphatic carbocycles. The smallest absolute Gasteiger partial charge is 0.460 e. The van der Waals surface area contributed by atoms with Gasteiger partial charge in [0.2, 0.25) is 31.6 Å². The predicted molar refractivity (Wildman–Crippen MR) is 181 cm³/mol. The summed E-state index contributed by atoms with van der Waals surface area (Å²) in [5.74, 6) is -5.14. The van der Waals surface area contributed by atoms with Crippen LogP contribution < -0.4 is 15.2 Å². The number of hydrogen-bond donors (Lipinski definition) is 2. The first kappa shape index (κ1) is 37.9. The average Bonchev–Trinajstić information content (AvgIpc) is 3.96. The van der Waals surface area contributed by atoms with Crippen molar-refractivity contribution in [1.82, 2.24) is 9.58 Å². The zero-order valence-electron chi connectivity index (χ0n) is 28.4. The van der Waals surface area contributed by atoms with Crippen LogP contribution in [-0.2, 0) is 43.0 Å². The van der Waals surface area contributed by atoms with Crippen molar-refractivity contribution >= 4 is 37.4 Å². The molecule has 7 rings (SSSR count). The third-order valence-electron chi connectivity index (χ3n) is 9.66. The zero-order chi connectivity index (χ0) is 38.2. The molecular formula is C34H34F2N3O13PS. The van der Waals surface area contributed by atoms with E-state index in [1.165, 1.54) is 28.7 Å². The minimum atomic E-state index is -4.83. The Kier molecular flexibility index (Phi) is 10.8. The van der Waals surface area contributed by atoms with Gasteiger partial charge in [-0.3, -0.25) is 19.3 Å². The number of piperidine rings is 1. The number of esters is 2. The van der Waals surface area contributed by atoms with Gasteiger partial charge in [-0.05, 0) is 55.4 Å². The standard InChI is InChI=1S/C34H34F2N3O13PS/c35-23-8-7-20-22(29(23)36)16-54-25-5-2-1-4-21(25)30(20)39-26-6-3-10-34(11-12-34)38(26)33(45)31-32(24(42)9-13-37(31)39)49-19-52-53(46,50-17-47-27(43)14-40)51-18-48-28(44)15-41/h1-2,4-5,7-9,13,26,30,40-41H,3,6,10-12,14-19H2/t26-,30+/m1/s1. The van der Waals surface area contributed by atoms with Crippen LogP contribution in [0.15, 0.2) is 58.4 Å². The number of amides is 1. The van der Waals surface area contributed by atoms with E-state index in [1.54, 1.807) is 4.90 Å². The summed E-state index contributed by atoms with van der Waals surface area (Å²) in [5, 5.41) is 19.7. The molecule has 1 spiro atoms. The Labute approximate surface area is 310 Å². The Hall–Kier alpha value is -4.36. The zero-order valence-corrected chi connectivity index (χ0v) is 30.1. The number of aliphatic hydroxyl groups excluding tert-OH is 2. The lowest BCUT2D eigenvalue weighted by Gasteiger charge is -2.55. The van der Waals surface area contributed by atoms with E-state index < -0.39 is 99.8 Å². The Bertz CT molecular complexity index is 2060. The van der Waals surface area contributed by atoms with Crippen LogP contribution in [0.1, 0.15) is 65.3 Å². The summed E-state index contributed by atoms with van der Waals surface area (Å²) in [6, 6.07) is 10.5. The van der Waals surface area contributed by atoms with Crippen molar-refractivity contribution in [2.45, 2.75) is 60.5 Å². The SMILES string of the molecule is O=C(CO)OCOP(=O)(OCOC(=O)CO)OCOc1c2n(ccc1=O)N([C@@H]1c3ccccc3SCc3c1ccc(F)c3F)[C@@H]1CCCC3(CC3)N1C2=O. The number of pyridine rings is 1. The lowest BCUT2D eigenvalue weighted by molar-refractivity contribution is -0.157. The van der Waals surface area contributed by atoms with Crippen molar-refractivity contribution in [3.05, 3.63) is 92.9 Å². The molecule has 288 valence electrons. The predicted octanol–water partition coefficient (Wildman–Crippen LogP) is 3.44. The quantitative estimate of drug-likeness (QED) is 0.145. The molecule has 20 heteroatoms. The molecule has 1 saturated carbocycles. The molecule has 1 aromatic heterocycles. The van der Waals surface area contributed by atoms with Crippen molar-refractivity contribution in [2.24, 2.45) is 0 Å². The van der Waals surface area contributed by atoms with Crippen molar-refractivity contribution in [2.75, 3.05) is 38.6 Å². The van der Waals surface area contributed by atoms with E-state index in [0.717, 1.165) is 29.0 Å². The summed E-state index contributed by atoms with van der Waals surface area (Å²) in [6.45, 7) is -5.20. The molecule has 1 saturated heterocycles. The Balaban J connectivity index is 1.28. The van der Waals surface area contributed by atoms with Crippen molar-refractivity contribution in [3.63, 3.8) is 0 Å². The number of phosphoric acid groups is 1. The molecule has 0 unspecified atom stereocenters. The number of nitrogens with zero attached hydrogens (tertiary/aromatic N) is 3. The Morgan fingerprint density at radius 1 is 0.907 bits per heavy atom. The fourth-order valence-corrected chi connectivity index (χ4v) is 9.01. The van der Waals surface area contributed by atoms with E-state index in [2.05, 4.69) is 9.47 Å². The topological polar surface area (TPSA) is 193 Å². The molecule has 1 amide bonds. The van der Waals surface area contributed by atoms with Crippen LogP contribution in [-0.4, -0.2) is 82.9 Å². The molecule has 2 N–H and O–H groups in total. The van der Waals surface area contributed by atoms with E-state index in [-0.39, 0.29) is 17.0 Å². The number of rotatable bonds is 13. The number of carbonyl (C=O) groups is 3. The summed E-state index contributed by atoms with van der Waals surface area (Å²) in [4.78, 5) is 53.5. The van der Waals surface area contributed by atoms with E-state index >= 15 is 4.39 Å². The fourth-order valence-electron chi connectivity index (χ4n) is 7.12. The minimum Gasteiger partial charge on any atom is -0.460 e. The van der Waals surface area contributed by atoms with Crippen LogP contribution in [0.4, 0.5) is 8.78 Å². The highest BCUT2D eigenvalue weighted by Crippen LogP contribution is 2.55. The fraction of sp³-hybridized carbons (Fsp3) is 0.412. The lowest BCUT2D eigenvalue weighted by atomic mass is 9.90. The summed E-state index contributed by atoms with van der Waals surface area (Å²) in [7, 11) is -4.83. The normalized spacial score (nSPS) is 19.6. The van der Waals surface area contributed by atoms with Crippen LogP contribution in [0.25, 0.3) is 0 Å². The number of thioether (sulfide) groups is 1. The highest BCUT2D eigenvalue weighted by molar-refractivity contribution is 7.98. The maximum absolute atomic E-state index is 15.6. The van der Waals surface area contributed by atoms with Gasteiger partial charge in [0.1, 0.15) is 19.4 Å². The molecule has 2 aromatic carbocycles. The van der Waals surface area contributed by atoms with Crippen LogP contribution >= 0.6 is 19.6 Å². The van der Waals surface area contributed by atoms with Gasteiger partial charge in [0, 0.05) is 34.0 Å². The molecule has 3 aromatic rings. The van der Waals surface area contributed by atoms with E-state index in [0.29, 0.717) is 31.2 Å². The second-order valence-electron chi connectivity index (χ2n) is 12.7. The number of hydrogen-bond acceptors (Lipinski definition) is 15. The van der Waals surface area contributed by atoms with Gasteiger partial charge in [0.25, 0.3) is 5.91 Å². The van der Waals surface area contributed by atoms with E-state index in [4.69, 9.17) is 28.5 Å². The Morgan fingerprint density at radius 2 is 1.59 bits per heavy atom. The summed E-state index contributed by atoms with van der Waals surface area (Å²) in [5.41, 5.74) is -0.0566. The second-order valence-corrected chi connectivity index (χ2v) is 15.4. The molecule has 2 atom stereocenters. The largest absolute Gasteiger partial charge is 0.483 e. The first-order chi connectivity index (χ1) is 26.0. The molecule has 0 radical (unpaired) electrons. The summed E-state index contributed by atoms with van der Waals surface area (Å²) >= 11 is 1.36. The number of carbonyl (C=O) groups excluding carboxylic acids is 3. The highest BCUT2D eigenvalue weighted by atomic mass is 32.2. The highest BCUT2D eigenvalue weighted by Gasteiger charge is 2.59. The third-order valence-corrected chi connectivity index (χ3v) is 12.0. The molecule has 16 nitrogen and oxygen atoms in total. The van der Waals surface area contributed by atoms with Crippen LogP contribution in [0.2, 0.25) is 0 Å². The number of fused-ring (bicyclic) bond motifs is 5. The van der Waals surface area contributed by atoms with Gasteiger partial charge in [-0.1, -0.05) is 24.3 Å². The van der Waals surface area contributed by atoms with E-state index in [1.807, 2.05) is 29.3 Å². The van der Waals surface area contributed by atoms with Crippen LogP contribution in [0.3, 0.4) is 0 Å². The van der Waals surface area contributed by atoms with E-state index in [9.17, 15) is 28.1 Å². The van der Waals surface area contributed by atoms with Gasteiger partial charge in [0.05, 0.1) is 6.04 Å². The number of aliphatic hydroxyl groups is 2. The second kappa shape index (κ2) is 15.4. The average molecular weight is 794 g/mol. The van der Waals surface area contributed by atoms with Gasteiger partial charge in [-0.25, -0.2) is 36.5 Å². The number of ether oxygens (including phenoxy) is 3. The molecule has 2 fully saturated rings. The molecule has 0 bridgehead atoms. The monoisotopic (exact) mass is 793 g/mol. The number of benzene rings is 2. The van der Waals surface area contributed by atoms with Crippen LogP contribution in [0, 0.1) is 11.6 Å². The van der Waals surface area contributed by atoms with Crippen molar-refractivity contribution in [3.8, 4) is 5.75 Å². The van der Waals surface area contributed by atoms with Gasteiger partial charge < -0.3 is 29.3 Å². The first-order valence-electron chi connectivity index (χ1n) is 16.8. The van der Waals surface area contributed by atoms with Gasteiger partial charge in [-0.15, -0.1) is 11.8 Å². The summed E-state index contributed by atoms with van der Waals surface area (Å²) < 4.78 is 75.0. The maximum atomic E-state index is 15.6. The third kappa shape index (κ3) is 7.12. The van der Waals surface area contributed by atoms with Gasteiger partial charge in [0.15, 0.2) is 17.3 Å². The molecular weight excluding hydrogens is 759 g/mol. The Morgan fingerprint density at radius 3 is 2.28 bits per heavy atom. The minimum absolute atomic E-state index is 0.142. The van der Waals surface area contributed by atoms with Crippen LogP contribution in [0.5, 0.6) is 5.75 Å². The lowest BCUT2D eigenvalue weighted by Crippen LogP contribution is -2.67. The first-order valence-corrected chi connectivity index (χ1v) is 19.2. The van der Waals surface area contributed by atoms with Gasteiger partial charge >= 0.3 is 19.8 Å². The van der Waals surface area contributed by atoms with Crippen molar-refractivity contribution < 1.29 is 65.7 Å². The van der Waals surface area contributed by atoms with Gasteiger partial charge in [-0.2, -0.15) is 0 Å². The molecule has 3 aliphatic heterocycles. The molecule has 54 heavy (non-hydrogen) atoms. The molecule has 4 aliphatic rings. The number of phosphoric ester groups is 1.